The van der Waals surface area contributed by atoms with Gasteiger partial charge in [0.1, 0.15) is 17.9 Å². The Morgan fingerprint density at radius 3 is 2.67 bits per heavy atom. The van der Waals surface area contributed by atoms with Crippen molar-refractivity contribution in [2.75, 3.05) is 0 Å². The van der Waals surface area contributed by atoms with Gasteiger partial charge in [-0.3, -0.25) is 0 Å². The van der Waals surface area contributed by atoms with E-state index in [4.69, 9.17) is 9.15 Å². The van der Waals surface area contributed by atoms with Crippen LogP contribution in [0.15, 0.2) is 63.7 Å². The fourth-order valence-electron chi connectivity index (χ4n) is 1.86. The molecule has 0 unspecified atom stereocenters. The summed E-state index contributed by atoms with van der Waals surface area (Å²) in [5, 5.41) is 1.10. The zero-order chi connectivity index (χ0) is 12.4. The highest BCUT2D eigenvalue weighted by Gasteiger charge is 2.06. The molecule has 0 radical (unpaired) electrons. The van der Waals surface area contributed by atoms with Crippen molar-refractivity contribution >= 4 is 26.9 Å². The molecule has 90 valence electrons. The summed E-state index contributed by atoms with van der Waals surface area (Å²) in [7, 11) is 0. The average molecular weight is 303 g/mol. The van der Waals surface area contributed by atoms with Gasteiger partial charge in [0.2, 0.25) is 0 Å². The van der Waals surface area contributed by atoms with Gasteiger partial charge in [0.25, 0.3) is 0 Å². The summed E-state index contributed by atoms with van der Waals surface area (Å²) in [5.74, 6) is 0.836. The number of para-hydroxylation sites is 2. The van der Waals surface area contributed by atoms with Gasteiger partial charge in [0.05, 0.1) is 10.7 Å². The Balaban J connectivity index is 1.83. The molecule has 0 N–H and O–H groups in total. The third-order valence-corrected chi connectivity index (χ3v) is 3.44. The molecule has 0 atom stereocenters. The van der Waals surface area contributed by atoms with Gasteiger partial charge in [0.15, 0.2) is 0 Å². The van der Waals surface area contributed by atoms with E-state index in [1.165, 1.54) is 0 Å². The Hall–Kier alpha value is -1.74. The van der Waals surface area contributed by atoms with Gasteiger partial charge in [-0.15, -0.1) is 0 Å². The molecule has 0 bridgehead atoms. The summed E-state index contributed by atoms with van der Waals surface area (Å²) >= 11 is 3.46. The normalized spacial score (nSPS) is 10.7. The molecule has 1 aromatic heterocycles. The minimum Gasteiger partial charge on any atom is -0.488 e. The fraction of sp³-hybridized carbons (Fsp3) is 0.0667. The standard InChI is InChI=1S/C15H11BrO2/c16-13-6-2-4-8-15(13)18-10-11-9-17-14-7-3-1-5-12(11)14/h1-9H,10H2. The first-order valence-electron chi connectivity index (χ1n) is 5.67. The second kappa shape index (κ2) is 4.86. The molecular weight excluding hydrogens is 292 g/mol. The smallest absolute Gasteiger partial charge is 0.134 e. The van der Waals surface area contributed by atoms with E-state index < -0.39 is 0 Å². The predicted octanol–water partition coefficient (Wildman–Crippen LogP) is 4.77. The van der Waals surface area contributed by atoms with Crippen LogP contribution in [0, 0.1) is 0 Å². The molecule has 1 heterocycles. The molecule has 0 spiro atoms. The Labute approximate surface area is 113 Å². The lowest BCUT2D eigenvalue weighted by molar-refractivity contribution is 0.304. The minimum atomic E-state index is 0.500. The molecule has 3 rings (SSSR count). The van der Waals surface area contributed by atoms with E-state index in [-0.39, 0.29) is 0 Å². The Morgan fingerprint density at radius 2 is 1.78 bits per heavy atom. The minimum absolute atomic E-state index is 0.500. The molecule has 0 aliphatic carbocycles. The topological polar surface area (TPSA) is 22.4 Å². The van der Waals surface area contributed by atoms with Crippen LogP contribution in [0.4, 0.5) is 0 Å². The van der Waals surface area contributed by atoms with Crippen molar-refractivity contribution in [3.63, 3.8) is 0 Å². The molecule has 0 aliphatic heterocycles. The van der Waals surface area contributed by atoms with Gasteiger partial charge in [-0.2, -0.15) is 0 Å². The lowest BCUT2D eigenvalue weighted by Gasteiger charge is -2.06. The molecule has 0 fully saturated rings. The van der Waals surface area contributed by atoms with E-state index in [9.17, 15) is 0 Å². The first kappa shape index (κ1) is 11.4. The van der Waals surface area contributed by atoms with Gasteiger partial charge >= 0.3 is 0 Å². The second-order valence-corrected chi connectivity index (χ2v) is 4.83. The van der Waals surface area contributed by atoms with Gasteiger partial charge in [0, 0.05) is 10.9 Å². The predicted molar refractivity (Wildman–Crippen MR) is 74.7 cm³/mol. The molecule has 0 saturated heterocycles. The van der Waals surface area contributed by atoms with Gasteiger partial charge < -0.3 is 9.15 Å². The third kappa shape index (κ3) is 2.14. The first-order chi connectivity index (χ1) is 8.84. The zero-order valence-corrected chi connectivity index (χ0v) is 11.2. The van der Waals surface area contributed by atoms with Crippen molar-refractivity contribution in [2.45, 2.75) is 6.61 Å². The number of hydrogen-bond acceptors (Lipinski definition) is 2. The van der Waals surface area contributed by atoms with Crippen molar-refractivity contribution in [2.24, 2.45) is 0 Å². The Bertz CT molecular complexity index is 673. The van der Waals surface area contributed by atoms with Gasteiger partial charge in [-0.05, 0) is 34.1 Å². The van der Waals surface area contributed by atoms with Crippen molar-refractivity contribution in [3.8, 4) is 5.75 Å². The van der Waals surface area contributed by atoms with Crippen LogP contribution in [0.25, 0.3) is 11.0 Å². The van der Waals surface area contributed by atoms with E-state index in [1.54, 1.807) is 6.26 Å². The van der Waals surface area contributed by atoms with E-state index in [2.05, 4.69) is 15.9 Å². The summed E-state index contributed by atoms with van der Waals surface area (Å²) in [6, 6.07) is 15.8. The molecule has 3 heteroatoms. The van der Waals surface area contributed by atoms with Gasteiger partial charge in [-0.1, -0.05) is 30.3 Å². The summed E-state index contributed by atoms with van der Waals surface area (Å²) in [5.41, 5.74) is 1.95. The van der Waals surface area contributed by atoms with Crippen molar-refractivity contribution in [3.05, 3.63) is 64.8 Å². The molecule has 0 amide bonds. The number of fused-ring (bicyclic) bond motifs is 1. The number of benzene rings is 2. The first-order valence-corrected chi connectivity index (χ1v) is 6.46. The number of ether oxygens (including phenoxy) is 1. The monoisotopic (exact) mass is 302 g/mol. The van der Waals surface area contributed by atoms with E-state index >= 15 is 0 Å². The third-order valence-electron chi connectivity index (χ3n) is 2.78. The molecule has 3 aromatic rings. The average Bonchev–Trinajstić information content (AvgIpc) is 2.81. The number of rotatable bonds is 3. The van der Waals surface area contributed by atoms with Crippen LogP contribution in [0.3, 0.4) is 0 Å². The maximum absolute atomic E-state index is 5.78. The molecule has 0 saturated carbocycles. The van der Waals surface area contributed by atoms with E-state index in [0.717, 1.165) is 26.8 Å². The quantitative estimate of drug-likeness (QED) is 0.695. The number of hydrogen-bond donors (Lipinski definition) is 0. The van der Waals surface area contributed by atoms with Crippen molar-refractivity contribution < 1.29 is 9.15 Å². The van der Waals surface area contributed by atoms with E-state index in [0.29, 0.717) is 6.61 Å². The molecular formula is C15H11BrO2. The van der Waals surface area contributed by atoms with Crippen LogP contribution in [0.2, 0.25) is 0 Å². The van der Waals surface area contributed by atoms with Crippen molar-refractivity contribution in [1.82, 2.24) is 0 Å². The van der Waals surface area contributed by atoms with E-state index in [1.807, 2.05) is 48.5 Å². The van der Waals surface area contributed by atoms with Crippen LogP contribution in [0.1, 0.15) is 5.56 Å². The summed E-state index contributed by atoms with van der Waals surface area (Å²) in [4.78, 5) is 0. The molecule has 18 heavy (non-hydrogen) atoms. The van der Waals surface area contributed by atoms with Crippen molar-refractivity contribution in [1.29, 1.82) is 0 Å². The van der Waals surface area contributed by atoms with Gasteiger partial charge in [-0.25, -0.2) is 0 Å². The van der Waals surface area contributed by atoms with Crippen LogP contribution in [-0.2, 0) is 6.61 Å². The highest BCUT2D eigenvalue weighted by atomic mass is 79.9. The molecule has 2 aromatic carbocycles. The SMILES string of the molecule is Brc1ccccc1OCc1coc2ccccc12. The maximum atomic E-state index is 5.78. The van der Waals surface area contributed by atoms with Crippen LogP contribution < -0.4 is 4.74 Å². The lowest BCUT2D eigenvalue weighted by atomic mass is 10.2. The largest absolute Gasteiger partial charge is 0.488 e. The lowest BCUT2D eigenvalue weighted by Crippen LogP contribution is -1.94. The Morgan fingerprint density at radius 1 is 1.00 bits per heavy atom. The highest BCUT2D eigenvalue weighted by molar-refractivity contribution is 9.10. The summed E-state index contributed by atoms with van der Waals surface area (Å²) < 4.78 is 12.2. The number of halogens is 1. The second-order valence-electron chi connectivity index (χ2n) is 3.98. The Kier molecular flexibility index (Phi) is 3.07. The fourth-order valence-corrected chi connectivity index (χ4v) is 2.26. The highest BCUT2D eigenvalue weighted by Crippen LogP contribution is 2.26. The number of furan rings is 1. The molecule has 2 nitrogen and oxygen atoms in total. The van der Waals surface area contributed by atoms with Crippen LogP contribution in [-0.4, -0.2) is 0 Å². The maximum Gasteiger partial charge on any atom is 0.134 e. The zero-order valence-electron chi connectivity index (χ0n) is 9.60. The van der Waals surface area contributed by atoms with Crippen LogP contribution >= 0.6 is 15.9 Å². The summed E-state index contributed by atoms with van der Waals surface area (Å²) in [6.07, 6.45) is 1.75. The summed E-state index contributed by atoms with van der Waals surface area (Å²) in [6.45, 7) is 0.500. The molecule has 0 aliphatic rings. The van der Waals surface area contributed by atoms with Crippen LogP contribution in [0.5, 0.6) is 5.75 Å².